The summed E-state index contributed by atoms with van der Waals surface area (Å²) in [5.41, 5.74) is 7.05. The van der Waals surface area contributed by atoms with E-state index >= 15 is 0 Å². The summed E-state index contributed by atoms with van der Waals surface area (Å²) in [6.45, 7) is 3.39. The quantitative estimate of drug-likeness (QED) is 0.193. The van der Waals surface area contributed by atoms with Gasteiger partial charge >= 0.3 is 5.97 Å². The first-order chi connectivity index (χ1) is 19.7. The number of hydrogen-bond donors (Lipinski definition) is 1. The van der Waals surface area contributed by atoms with E-state index < -0.39 is 5.97 Å². The second-order valence-corrected chi connectivity index (χ2v) is 10.8. The number of esters is 1. The highest BCUT2D eigenvalue weighted by Gasteiger charge is 2.25. The van der Waals surface area contributed by atoms with Crippen molar-refractivity contribution in [2.75, 3.05) is 24.3 Å². The third-order valence-corrected chi connectivity index (χ3v) is 7.01. The minimum atomic E-state index is -0.453. The Hall–Kier alpha value is -4.69. The van der Waals surface area contributed by atoms with Crippen LogP contribution in [-0.2, 0) is 4.79 Å². The van der Waals surface area contributed by atoms with E-state index in [1.807, 2.05) is 105 Å². The van der Waals surface area contributed by atoms with Crippen LogP contribution in [0.25, 0.3) is 28.1 Å². The van der Waals surface area contributed by atoms with E-state index in [-0.39, 0.29) is 5.91 Å². The predicted octanol–water partition coefficient (Wildman–Crippen LogP) is 7.52. The molecule has 0 bridgehead atoms. The molecule has 206 valence electrons. The lowest BCUT2D eigenvalue weighted by Gasteiger charge is -2.14. The van der Waals surface area contributed by atoms with E-state index in [0.29, 0.717) is 28.4 Å². The van der Waals surface area contributed by atoms with Gasteiger partial charge in [-0.05, 0) is 67.1 Å². The summed E-state index contributed by atoms with van der Waals surface area (Å²) in [7, 11) is 3.97. The molecule has 0 aliphatic carbocycles. The normalized spacial score (nSPS) is 10.8. The van der Waals surface area contributed by atoms with Crippen molar-refractivity contribution in [1.82, 2.24) is 9.78 Å². The van der Waals surface area contributed by atoms with Gasteiger partial charge in [0.05, 0.1) is 11.3 Å². The van der Waals surface area contributed by atoms with Crippen LogP contribution in [0.15, 0.2) is 102 Å². The highest BCUT2D eigenvalue weighted by Crippen LogP contribution is 2.42. The zero-order valence-electron chi connectivity index (χ0n) is 23.2. The van der Waals surface area contributed by atoms with E-state index in [0.717, 1.165) is 32.5 Å². The largest absolute Gasteiger partial charge is 0.407 e. The summed E-state index contributed by atoms with van der Waals surface area (Å²) in [4.78, 5) is 27.2. The van der Waals surface area contributed by atoms with Crippen molar-refractivity contribution < 1.29 is 14.3 Å². The van der Waals surface area contributed by atoms with Crippen LogP contribution >= 0.6 is 15.9 Å². The third-order valence-electron chi connectivity index (χ3n) is 6.52. The van der Waals surface area contributed by atoms with E-state index in [1.54, 1.807) is 16.8 Å². The van der Waals surface area contributed by atoms with Gasteiger partial charge in [0.1, 0.15) is 5.69 Å². The summed E-state index contributed by atoms with van der Waals surface area (Å²) in [5, 5.41) is 7.92. The molecule has 0 radical (unpaired) electrons. The molecule has 4 aromatic carbocycles. The molecule has 8 heteroatoms. The highest BCUT2D eigenvalue weighted by atomic mass is 79.9. The molecule has 0 spiro atoms. The predicted molar refractivity (Wildman–Crippen MR) is 167 cm³/mol. The van der Waals surface area contributed by atoms with Crippen LogP contribution < -0.4 is 15.0 Å². The number of ether oxygens (including phenoxy) is 1. The summed E-state index contributed by atoms with van der Waals surface area (Å²) >= 11 is 3.41. The molecule has 7 nitrogen and oxygen atoms in total. The van der Waals surface area contributed by atoms with Crippen LogP contribution in [0.5, 0.6) is 5.88 Å². The van der Waals surface area contributed by atoms with Gasteiger partial charge in [-0.25, -0.2) is 0 Å². The highest BCUT2D eigenvalue weighted by molar-refractivity contribution is 9.10. The molecule has 1 N–H and O–H groups in total. The van der Waals surface area contributed by atoms with Gasteiger partial charge in [-0.2, -0.15) is 9.78 Å². The zero-order chi connectivity index (χ0) is 29.1. The van der Waals surface area contributed by atoms with Crippen molar-refractivity contribution in [3.05, 3.63) is 113 Å². The third kappa shape index (κ3) is 6.23. The molecular weight excluding hydrogens is 580 g/mol. The maximum Gasteiger partial charge on any atom is 0.309 e. The molecule has 5 aromatic rings. The molecule has 0 aliphatic rings. The fraction of sp³-hybridized carbons (Fsp3) is 0.121. The molecule has 5 rings (SSSR count). The molecular formula is C33H29BrN4O3. The Kier molecular flexibility index (Phi) is 8.03. The summed E-state index contributed by atoms with van der Waals surface area (Å²) < 4.78 is 8.33. The Balaban J connectivity index is 1.63. The van der Waals surface area contributed by atoms with Crippen molar-refractivity contribution >= 4 is 39.2 Å². The molecule has 1 heterocycles. The number of aromatic nitrogens is 2. The standard InChI is InChI=1S/C33H29BrN4O3/c1-21-11-17-28(18-12-21)38-33(41-22(2)39)30(31(36-38)24-7-6-10-29(20-24)37(3)4)23-13-15-27(16-14-23)35-32(40)25-8-5-9-26(34)19-25/h5-20H,1-4H3,(H,35,40). The van der Waals surface area contributed by atoms with E-state index in [2.05, 4.69) is 27.3 Å². The number of nitrogens with zero attached hydrogens (tertiary/aromatic N) is 3. The van der Waals surface area contributed by atoms with Crippen molar-refractivity contribution in [2.24, 2.45) is 0 Å². The number of hydrogen-bond acceptors (Lipinski definition) is 5. The van der Waals surface area contributed by atoms with Crippen LogP contribution in [-0.4, -0.2) is 35.8 Å². The molecule has 1 aromatic heterocycles. The second kappa shape index (κ2) is 11.8. The number of benzene rings is 4. The van der Waals surface area contributed by atoms with E-state index in [9.17, 15) is 9.59 Å². The van der Waals surface area contributed by atoms with Gasteiger partial charge in [0.15, 0.2) is 0 Å². The zero-order valence-corrected chi connectivity index (χ0v) is 24.8. The van der Waals surface area contributed by atoms with Gasteiger partial charge in [0.25, 0.3) is 5.91 Å². The molecule has 0 fully saturated rings. The van der Waals surface area contributed by atoms with Gasteiger partial charge in [-0.1, -0.05) is 64.0 Å². The number of aryl methyl sites for hydroxylation is 1. The van der Waals surface area contributed by atoms with Gasteiger partial charge in [-0.15, -0.1) is 0 Å². The molecule has 0 unspecified atom stereocenters. The van der Waals surface area contributed by atoms with Crippen molar-refractivity contribution in [1.29, 1.82) is 0 Å². The number of anilines is 2. The minimum absolute atomic E-state index is 0.215. The molecule has 0 saturated heterocycles. The van der Waals surface area contributed by atoms with Crippen LogP contribution in [0.3, 0.4) is 0 Å². The molecule has 1 amide bonds. The molecule has 0 saturated carbocycles. The number of amides is 1. The lowest BCUT2D eigenvalue weighted by atomic mass is 10.0. The fourth-order valence-electron chi connectivity index (χ4n) is 4.44. The first-order valence-corrected chi connectivity index (χ1v) is 13.8. The topological polar surface area (TPSA) is 76.5 Å². The lowest BCUT2D eigenvalue weighted by Crippen LogP contribution is -2.11. The average Bonchev–Trinajstić information content (AvgIpc) is 3.32. The second-order valence-electron chi connectivity index (χ2n) is 9.86. The minimum Gasteiger partial charge on any atom is -0.407 e. The Labute approximate surface area is 247 Å². The van der Waals surface area contributed by atoms with Crippen LogP contribution in [0.1, 0.15) is 22.8 Å². The van der Waals surface area contributed by atoms with E-state index in [1.165, 1.54) is 6.92 Å². The number of nitrogens with one attached hydrogen (secondary N) is 1. The summed E-state index contributed by atoms with van der Waals surface area (Å²) in [6, 6.07) is 30.5. The number of halogens is 1. The SMILES string of the molecule is CC(=O)Oc1c(-c2ccc(NC(=O)c3cccc(Br)c3)cc2)c(-c2cccc(N(C)C)c2)nn1-c1ccc(C)cc1. The monoisotopic (exact) mass is 608 g/mol. The molecule has 0 atom stereocenters. The maximum absolute atomic E-state index is 12.8. The van der Waals surface area contributed by atoms with E-state index in [4.69, 9.17) is 9.84 Å². The lowest BCUT2D eigenvalue weighted by molar-refractivity contribution is -0.132. The number of carbonyl (C=O) groups excluding carboxylic acids is 2. The Bertz CT molecular complexity index is 1720. The smallest absolute Gasteiger partial charge is 0.309 e. The van der Waals surface area contributed by atoms with Gasteiger partial charge in [0.2, 0.25) is 5.88 Å². The molecule has 41 heavy (non-hydrogen) atoms. The van der Waals surface area contributed by atoms with Crippen molar-refractivity contribution in [3.63, 3.8) is 0 Å². The van der Waals surface area contributed by atoms with Crippen LogP contribution in [0, 0.1) is 6.92 Å². The number of carbonyl (C=O) groups is 2. The maximum atomic E-state index is 12.8. The van der Waals surface area contributed by atoms with Gasteiger partial charge in [0, 0.05) is 48.0 Å². The van der Waals surface area contributed by atoms with Gasteiger partial charge in [-0.3, -0.25) is 9.59 Å². The first-order valence-electron chi connectivity index (χ1n) is 13.0. The summed E-state index contributed by atoms with van der Waals surface area (Å²) in [6.07, 6.45) is 0. The molecule has 0 aliphatic heterocycles. The Morgan fingerprint density at radius 2 is 1.59 bits per heavy atom. The fourth-order valence-corrected chi connectivity index (χ4v) is 4.84. The van der Waals surface area contributed by atoms with Crippen LogP contribution in [0.2, 0.25) is 0 Å². The van der Waals surface area contributed by atoms with Gasteiger partial charge < -0.3 is 15.0 Å². The van der Waals surface area contributed by atoms with Crippen LogP contribution in [0.4, 0.5) is 11.4 Å². The first kappa shape index (κ1) is 27.9. The van der Waals surface area contributed by atoms with Crippen molar-refractivity contribution in [2.45, 2.75) is 13.8 Å². The number of rotatable bonds is 7. The Morgan fingerprint density at radius 1 is 0.878 bits per heavy atom. The van der Waals surface area contributed by atoms with Crippen molar-refractivity contribution in [3.8, 4) is 34.0 Å². The summed E-state index contributed by atoms with van der Waals surface area (Å²) in [5.74, 6) is -0.350. The average molecular weight is 610 g/mol. The Morgan fingerprint density at radius 3 is 2.24 bits per heavy atom.